The van der Waals surface area contributed by atoms with Crippen molar-refractivity contribution in [3.63, 3.8) is 0 Å². The number of hydrogen-bond donors (Lipinski definition) is 3. The van der Waals surface area contributed by atoms with Crippen molar-refractivity contribution >= 4 is 29.2 Å². The first-order chi connectivity index (χ1) is 14.7. The first-order valence-corrected chi connectivity index (χ1v) is 11.1. The van der Waals surface area contributed by atoms with Crippen molar-refractivity contribution in [2.24, 2.45) is 0 Å². The predicted octanol–water partition coefficient (Wildman–Crippen LogP) is 6.87. The minimum atomic E-state index is -0.403. The van der Waals surface area contributed by atoms with Crippen molar-refractivity contribution in [3.8, 4) is 0 Å². The van der Waals surface area contributed by atoms with E-state index in [2.05, 4.69) is 43.3 Å². The average Bonchev–Trinajstić information content (AvgIpc) is 3.17. The maximum atomic E-state index is 13.5. The van der Waals surface area contributed by atoms with E-state index in [-0.39, 0.29) is 19.2 Å². The Kier molecular flexibility index (Phi) is 12.9. The number of hydrogen-bond acceptors (Lipinski definition) is 2. The lowest BCUT2D eigenvalue weighted by Gasteiger charge is -2.04. The lowest BCUT2D eigenvalue weighted by molar-refractivity contribution is -0.110. The molecule has 0 saturated heterocycles. The van der Waals surface area contributed by atoms with Gasteiger partial charge in [-0.2, -0.15) is 0 Å². The second kappa shape index (κ2) is 14.2. The zero-order valence-corrected chi connectivity index (χ0v) is 19.8. The predicted molar refractivity (Wildman–Crippen MR) is 134 cm³/mol. The molecule has 0 saturated carbocycles. The number of H-pyrrole nitrogens is 1. The molecule has 1 aliphatic heterocycles. The topological polar surface area (TPSA) is 74.0 Å². The molecule has 0 bridgehead atoms. The number of carbonyl (C=O) groups excluding carboxylic acids is 2. The van der Waals surface area contributed by atoms with Gasteiger partial charge in [-0.15, -0.1) is 0 Å². The van der Waals surface area contributed by atoms with Crippen LogP contribution in [0.2, 0.25) is 0 Å². The molecule has 2 heterocycles. The van der Waals surface area contributed by atoms with E-state index in [1.165, 1.54) is 25.0 Å². The summed E-state index contributed by atoms with van der Waals surface area (Å²) in [7, 11) is 0. The second-order valence-electron chi connectivity index (χ2n) is 7.54. The summed E-state index contributed by atoms with van der Waals surface area (Å²) in [6.07, 6.45) is 5.02. The van der Waals surface area contributed by atoms with Gasteiger partial charge in [-0.3, -0.25) is 9.59 Å². The third-order valence-corrected chi connectivity index (χ3v) is 4.29. The van der Waals surface area contributed by atoms with Crippen LogP contribution in [0.4, 0.5) is 10.1 Å². The quantitative estimate of drug-likeness (QED) is 0.449. The third kappa shape index (κ3) is 7.36. The largest absolute Gasteiger partial charge is 0.358 e. The van der Waals surface area contributed by atoms with E-state index in [0.29, 0.717) is 34.6 Å². The summed E-state index contributed by atoms with van der Waals surface area (Å²) in [5.74, 6) is -0.829. The standard InChI is InChI=1S/C19H20FN3O2.2C3H8.CH4/c1-4-7-21-19(25)17-10(2)16(22-11(17)3)9-14-13-8-12(20)5-6-15(13)23-18(14)24;2*1-3-2;/h5-6,8-9,22H,4,7H2,1-3H3,(H,21,25)(H,23,24);2*3H2,1-2H3;1H4/b14-9-;;;. The molecule has 0 spiro atoms. The average molecular weight is 446 g/mol. The highest BCUT2D eigenvalue weighted by Crippen LogP contribution is 2.34. The van der Waals surface area contributed by atoms with Crippen molar-refractivity contribution in [1.82, 2.24) is 10.3 Å². The second-order valence-corrected chi connectivity index (χ2v) is 7.54. The highest BCUT2D eigenvalue weighted by Gasteiger charge is 2.26. The van der Waals surface area contributed by atoms with Crippen LogP contribution >= 0.6 is 0 Å². The van der Waals surface area contributed by atoms with E-state index in [1.54, 1.807) is 12.1 Å². The molecule has 3 N–H and O–H groups in total. The molecule has 1 aromatic carbocycles. The van der Waals surface area contributed by atoms with Crippen LogP contribution in [0, 0.1) is 19.7 Å². The number of aromatic amines is 1. The Hall–Kier alpha value is -2.89. The first-order valence-electron chi connectivity index (χ1n) is 11.1. The van der Waals surface area contributed by atoms with Crippen LogP contribution in [0.1, 0.15) is 94.2 Å². The van der Waals surface area contributed by atoms with Crippen LogP contribution in [0.25, 0.3) is 11.6 Å². The molecule has 0 aliphatic carbocycles. The van der Waals surface area contributed by atoms with Gasteiger partial charge in [-0.05, 0) is 50.1 Å². The molecule has 2 aromatic rings. The lowest BCUT2D eigenvalue weighted by atomic mass is 10.0. The van der Waals surface area contributed by atoms with Crippen molar-refractivity contribution in [2.75, 3.05) is 11.9 Å². The zero-order valence-electron chi connectivity index (χ0n) is 19.8. The molecule has 32 heavy (non-hydrogen) atoms. The molecular weight excluding hydrogens is 405 g/mol. The lowest BCUT2D eigenvalue weighted by Crippen LogP contribution is -2.24. The van der Waals surface area contributed by atoms with Gasteiger partial charge in [0, 0.05) is 29.2 Å². The number of fused-ring (bicyclic) bond motifs is 1. The molecule has 0 atom stereocenters. The van der Waals surface area contributed by atoms with Gasteiger partial charge in [0.15, 0.2) is 0 Å². The Balaban J connectivity index is 0.00000124. The summed E-state index contributed by atoms with van der Waals surface area (Å²) < 4.78 is 13.5. The summed E-state index contributed by atoms with van der Waals surface area (Å²) in [5.41, 5.74) is 4.22. The van der Waals surface area contributed by atoms with Crippen LogP contribution in [0.15, 0.2) is 18.2 Å². The van der Waals surface area contributed by atoms with Gasteiger partial charge in [0.25, 0.3) is 11.8 Å². The fourth-order valence-electron chi connectivity index (χ4n) is 3.03. The number of carbonyl (C=O) groups is 2. The van der Waals surface area contributed by atoms with E-state index in [9.17, 15) is 14.0 Å². The monoisotopic (exact) mass is 445 g/mol. The van der Waals surface area contributed by atoms with Crippen LogP contribution in [-0.2, 0) is 4.79 Å². The fraction of sp³-hybridized carbons (Fsp3) is 0.462. The molecule has 1 aromatic heterocycles. The van der Waals surface area contributed by atoms with Gasteiger partial charge in [-0.1, -0.05) is 54.9 Å². The molecule has 178 valence electrons. The van der Waals surface area contributed by atoms with Crippen LogP contribution in [0.3, 0.4) is 0 Å². The summed E-state index contributed by atoms with van der Waals surface area (Å²) >= 11 is 0. The Morgan fingerprint density at radius 3 is 2.25 bits per heavy atom. The number of aryl methyl sites for hydroxylation is 1. The van der Waals surface area contributed by atoms with E-state index in [1.807, 2.05) is 20.8 Å². The molecule has 0 fully saturated rings. The van der Waals surface area contributed by atoms with Gasteiger partial charge in [0.05, 0.1) is 11.1 Å². The van der Waals surface area contributed by atoms with E-state index in [0.717, 1.165) is 17.7 Å². The normalized spacial score (nSPS) is 12.5. The summed E-state index contributed by atoms with van der Waals surface area (Å²) in [6, 6.07) is 4.18. The number of anilines is 1. The van der Waals surface area contributed by atoms with Crippen LogP contribution in [0.5, 0.6) is 0 Å². The minimum absolute atomic E-state index is 0. The number of benzene rings is 1. The zero-order chi connectivity index (χ0) is 23.6. The van der Waals surface area contributed by atoms with Crippen molar-refractivity contribution in [3.05, 3.63) is 52.1 Å². The van der Waals surface area contributed by atoms with Crippen LogP contribution in [-0.4, -0.2) is 23.3 Å². The maximum absolute atomic E-state index is 13.5. The van der Waals surface area contributed by atoms with Gasteiger partial charge >= 0.3 is 0 Å². The van der Waals surface area contributed by atoms with Crippen LogP contribution < -0.4 is 10.6 Å². The smallest absolute Gasteiger partial charge is 0.256 e. The van der Waals surface area contributed by atoms with Crippen molar-refractivity contribution in [2.45, 2.75) is 75.2 Å². The van der Waals surface area contributed by atoms with E-state index >= 15 is 0 Å². The van der Waals surface area contributed by atoms with E-state index < -0.39 is 5.82 Å². The highest BCUT2D eigenvalue weighted by molar-refractivity contribution is 6.34. The Morgan fingerprint density at radius 1 is 1.09 bits per heavy atom. The first kappa shape index (κ1) is 29.1. The third-order valence-electron chi connectivity index (χ3n) is 4.29. The molecule has 5 nitrogen and oxygen atoms in total. The van der Waals surface area contributed by atoms with Crippen molar-refractivity contribution in [1.29, 1.82) is 0 Å². The van der Waals surface area contributed by atoms with Gasteiger partial charge in [0.1, 0.15) is 5.82 Å². The van der Waals surface area contributed by atoms with Gasteiger partial charge in [0.2, 0.25) is 0 Å². The number of halogens is 1. The number of aromatic nitrogens is 1. The number of nitrogens with one attached hydrogen (secondary N) is 3. The number of amides is 2. The Bertz CT molecular complexity index is 927. The van der Waals surface area contributed by atoms with Crippen molar-refractivity contribution < 1.29 is 14.0 Å². The fourth-order valence-corrected chi connectivity index (χ4v) is 3.03. The maximum Gasteiger partial charge on any atom is 0.256 e. The highest BCUT2D eigenvalue weighted by atomic mass is 19.1. The minimum Gasteiger partial charge on any atom is -0.358 e. The summed E-state index contributed by atoms with van der Waals surface area (Å²) in [6.45, 7) is 14.7. The van der Waals surface area contributed by atoms with E-state index in [4.69, 9.17) is 0 Å². The molecule has 2 amide bonds. The van der Waals surface area contributed by atoms with Gasteiger partial charge < -0.3 is 15.6 Å². The molecule has 3 rings (SSSR count). The molecule has 0 radical (unpaired) electrons. The van der Waals surface area contributed by atoms with Gasteiger partial charge in [-0.25, -0.2) is 4.39 Å². The molecule has 1 aliphatic rings. The molecule has 0 unspecified atom stereocenters. The Labute approximate surface area is 192 Å². The summed E-state index contributed by atoms with van der Waals surface area (Å²) in [4.78, 5) is 27.7. The molecular formula is C26H40FN3O2. The Morgan fingerprint density at radius 2 is 1.69 bits per heavy atom. The summed E-state index contributed by atoms with van der Waals surface area (Å²) in [5, 5.41) is 5.58. The molecule has 6 heteroatoms. The number of rotatable bonds is 4. The SMILES string of the molecule is C.CCC.CCC.CCCNC(=O)c1c(C)[nH]c(/C=C2\C(=O)Nc3ccc(F)cc32)c1C.